The van der Waals surface area contributed by atoms with Crippen LogP contribution in [0.4, 0.5) is 5.69 Å². The Morgan fingerprint density at radius 3 is 2.56 bits per heavy atom. The fourth-order valence-corrected chi connectivity index (χ4v) is 3.81. The molecule has 1 heterocycles. The number of fused-ring (bicyclic) bond motifs is 1. The lowest BCUT2D eigenvalue weighted by Crippen LogP contribution is -2.36. The zero-order chi connectivity index (χ0) is 18.8. The van der Waals surface area contributed by atoms with Gasteiger partial charge in [0.15, 0.2) is 0 Å². The van der Waals surface area contributed by atoms with E-state index in [9.17, 15) is 4.79 Å². The van der Waals surface area contributed by atoms with E-state index in [4.69, 9.17) is 0 Å². The van der Waals surface area contributed by atoms with Crippen molar-refractivity contribution < 1.29 is 4.79 Å². The Bertz CT molecular complexity index is 922. The summed E-state index contributed by atoms with van der Waals surface area (Å²) in [6, 6.07) is 17.0. The summed E-state index contributed by atoms with van der Waals surface area (Å²) in [5, 5.41) is 4.43. The number of para-hydroxylation sites is 1. The molecule has 1 amide bonds. The van der Waals surface area contributed by atoms with Crippen LogP contribution in [-0.4, -0.2) is 31.5 Å². The minimum absolute atomic E-state index is 0.126. The third-order valence-corrected chi connectivity index (χ3v) is 5.76. The van der Waals surface area contributed by atoms with Gasteiger partial charge in [-0.3, -0.25) is 4.79 Å². The molecule has 1 aromatic heterocycles. The Hall–Kier alpha value is -2.75. The van der Waals surface area contributed by atoms with Gasteiger partial charge in [-0.15, -0.1) is 0 Å². The molecule has 0 aliphatic heterocycles. The van der Waals surface area contributed by atoms with Gasteiger partial charge in [-0.2, -0.15) is 0 Å². The van der Waals surface area contributed by atoms with E-state index in [1.54, 1.807) is 0 Å². The van der Waals surface area contributed by atoms with Gasteiger partial charge >= 0.3 is 0 Å². The summed E-state index contributed by atoms with van der Waals surface area (Å²) >= 11 is 0. The first-order chi connectivity index (χ1) is 13.1. The van der Waals surface area contributed by atoms with Crippen molar-refractivity contribution in [2.24, 2.45) is 5.92 Å². The van der Waals surface area contributed by atoms with Crippen molar-refractivity contribution in [2.75, 3.05) is 25.5 Å². The van der Waals surface area contributed by atoms with Crippen LogP contribution < -0.4 is 10.2 Å². The van der Waals surface area contributed by atoms with Crippen LogP contribution in [0.1, 0.15) is 36.3 Å². The van der Waals surface area contributed by atoms with E-state index in [1.165, 1.54) is 28.6 Å². The van der Waals surface area contributed by atoms with Crippen LogP contribution in [0.3, 0.4) is 0 Å². The van der Waals surface area contributed by atoms with E-state index < -0.39 is 0 Å². The Labute approximate surface area is 160 Å². The van der Waals surface area contributed by atoms with Gasteiger partial charge < -0.3 is 15.2 Å². The second-order valence-corrected chi connectivity index (χ2v) is 7.70. The van der Waals surface area contributed by atoms with Crippen LogP contribution in [0.25, 0.3) is 10.9 Å². The summed E-state index contributed by atoms with van der Waals surface area (Å²) in [5.41, 5.74) is 4.76. The number of amides is 1. The van der Waals surface area contributed by atoms with Gasteiger partial charge in [-0.25, -0.2) is 0 Å². The molecule has 1 aliphatic carbocycles. The summed E-state index contributed by atoms with van der Waals surface area (Å²) < 4.78 is 0. The van der Waals surface area contributed by atoms with Gasteiger partial charge in [0.25, 0.3) is 0 Å². The second-order valence-electron chi connectivity index (χ2n) is 7.70. The molecule has 3 aromatic rings. The number of benzene rings is 2. The molecule has 4 rings (SSSR count). The van der Waals surface area contributed by atoms with Crippen molar-refractivity contribution in [1.29, 1.82) is 0 Å². The SMILES string of the molecule is CN(C)c1ccc(C(CNC(=O)C2CCC2)c2c[nH]c3ccccc23)cc1. The number of rotatable bonds is 6. The quantitative estimate of drug-likeness (QED) is 0.688. The Morgan fingerprint density at radius 1 is 1.15 bits per heavy atom. The zero-order valence-corrected chi connectivity index (χ0v) is 16.0. The fraction of sp³-hybridized carbons (Fsp3) is 0.348. The van der Waals surface area contributed by atoms with E-state index >= 15 is 0 Å². The molecular formula is C23H27N3O. The molecule has 0 bridgehead atoms. The summed E-state index contributed by atoms with van der Waals surface area (Å²) in [5.74, 6) is 0.544. The van der Waals surface area contributed by atoms with Gasteiger partial charge in [0.2, 0.25) is 5.91 Å². The Balaban J connectivity index is 1.64. The molecule has 0 saturated heterocycles. The third-order valence-electron chi connectivity index (χ3n) is 5.76. The minimum atomic E-state index is 0.126. The largest absolute Gasteiger partial charge is 0.378 e. The molecule has 1 fully saturated rings. The van der Waals surface area contributed by atoms with Crippen molar-refractivity contribution in [3.63, 3.8) is 0 Å². The van der Waals surface area contributed by atoms with E-state index in [0.717, 1.165) is 18.4 Å². The first-order valence-electron chi connectivity index (χ1n) is 9.74. The molecule has 27 heavy (non-hydrogen) atoms. The number of aromatic amines is 1. The summed E-state index contributed by atoms with van der Waals surface area (Å²) in [6.07, 6.45) is 5.32. The van der Waals surface area contributed by atoms with E-state index in [2.05, 4.69) is 63.9 Å². The Morgan fingerprint density at radius 2 is 1.89 bits per heavy atom. The first kappa shape index (κ1) is 17.7. The second kappa shape index (κ2) is 7.47. The molecule has 1 atom stereocenters. The van der Waals surface area contributed by atoms with Gasteiger partial charge in [-0.1, -0.05) is 36.8 Å². The molecule has 1 saturated carbocycles. The van der Waals surface area contributed by atoms with E-state index in [1.807, 2.05) is 20.2 Å². The maximum absolute atomic E-state index is 12.4. The summed E-state index contributed by atoms with van der Waals surface area (Å²) in [7, 11) is 4.09. The van der Waals surface area contributed by atoms with Gasteiger partial charge in [0.05, 0.1) is 0 Å². The van der Waals surface area contributed by atoms with E-state index in [-0.39, 0.29) is 17.7 Å². The average molecular weight is 361 g/mol. The lowest BCUT2D eigenvalue weighted by atomic mass is 9.84. The normalized spacial score (nSPS) is 15.3. The lowest BCUT2D eigenvalue weighted by Gasteiger charge is -2.26. The van der Waals surface area contributed by atoms with Crippen LogP contribution in [-0.2, 0) is 4.79 Å². The third kappa shape index (κ3) is 3.57. The maximum Gasteiger partial charge on any atom is 0.223 e. The number of H-pyrrole nitrogens is 1. The maximum atomic E-state index is 12.4. The van der Waals surface area contributed by atoms with Crippen molar-refractivity contribution in [1.82, 2.24) is 10.3 Å². The predicted octanol–water partition coefficient (Wildman–Crippen LogP) is 4.28. The van der Waals surface area contributed by atoms with Crippen LogP contribution in [0, 0.1) is 5.92 Å². The van der Waals surface area contributed by atoms with Crippen molar-refractivity contribution in [3.05, 3.63) is 65.9 Å². The average Bonchev–Trinajstić information content (AvgIpc) is 3.05. The number of anilines is 1. The van der Waals surface area contributed by atoms with Crippen molar-refractivity contribution in [3.8, 4) is 0 Å². The molecule has 4 heteroatoms. The smallest absolute Gasteiger partial charge is 0.223 e. The number of nitrogens with one attached hydrogen (secondary N) is 2. The van der Waals surface area contributed by atoms with Crippen molar-refractivity contribution in [2.45, 2.75) is 25.2 Å². The van der Waals surface area contributed by atoms with Gasteiger partial charge in [0.1, 0.15) is 0 Å². The predicted molar refractivity (Wildman–Crippen MR) is 111 cm³/mol. The lowest BCUT2D eigenvalue weighted by molar-refractivity contribution is -0.127. The number of aromatic nitrogens is 1. The number of hydrogen-bond donors (Lipinski definition) is 2. The van der Waals surface area contributed by atoms with Crippen LogP contribution in [0.2, 0.25) is 0 Å². The highest BCUT2D eigenvalue weighted by Gasteiger charge is 2.26. The standard InChI is InChI=1S/C23H27N3O/c1-26(2)18-12-10-16(11-13-18)20(14-25-23(27)17-6-5-7-17)21-15-24-22-9-4-3-8-19(21)22/h3-4,8-13,15,17,20,24H,5-7,14H2,1-2H3,(H,25,27). The molecular weight excluding hydrogens is 334 g/mol. The monoisotopic (exact) mass is 361 g/mol. The topological polar surface area (TPSA) is 48.1 Å². The fourth-order valence-electron chi connectivity index (χ4n) is 3.81. The number of hydrogen-bond acceptors (Lipinski definition) is 2. The first-order valence-corrected chi connectivity index (χ1v) is 9.74. The highest BCUT2D eigenvalue weighted by Crippen LogP contribution is 2.32. The number of carbonyl (C=O) groups excluding carboxylic acids is 1. The van der Waals surface area contributed by atoms with Gasteiger partial charge in [0, 0.05) is 55.3 Å². The van der Waals surface area contributed by atoms with Crippen molar-refractivity contribution >= 4 is 22.5 Å². The van der Waals surface area contributed by atoms with Gasteiger partial charge in [-0.05, 0) is 42.2 Å². The highest BCUT2D eigenvalue weighted by molar-refractivity contribution is 5.84. The molecule has 2 N–H and O–H groups in total. The van der Waals surface area contributed by atoms with Crippen LogP contribution in [0.5, 0.6) is 0 Å². The molecule has 4 nitrogen and oxygen atoms in total. The molecule has 1 aliphatic rings. The minimum Gasteiger partial charge on any atom is -0.378 e. The highest BCUT2D eigenvalue weighted by atomic mass is 16.1. The Kier molecular flexibility index (Phi) is 4.88. The molecule has 140 valence electrons. The summed E-state index contributed by atoms with van der Waals surface area (Å²) in [4.78, 5) is 17.9. The van der Waals surface area contributed by atoms with Crippen LogP contribution >= 0.6 is 0 Å². The molecule has 0 radical (unpaired) electrons. The molecule has 2 aromatic carbocycles. The molecule has 1 unspecified atom stereocenters. The zero-order valence-electron chi connectivity index (χ0n) is 16.0. The number of carbonyl (C=O) groups is 1. The van der Waals surface area contributed by atoms with Crippen LogP contribution in [0.15, 0.2) is 54.7 Å². The summed E-state index contributed by atoms with van der Waals surface area (Å²) in [6.45, 7) is 0.624. The van der Waals surface area contributed by atoms with E-state index in [0.29, 0.717) is 6.54 Å². The number of nitrogens with zero attached hydrogens (tertiary/aromatic N) is 1. The molecule has 0 spiro atoms.